The van der Waals surface area contributed by atoms with Crippen molar-refractivity contribution >= 4 is 29.4 Å². The highest BCUT2D eigenvalue weighted by Crippen LogP contribution is 2.25. The molecule has 0 atom stereocenters. The molecule has 2 aromatic rings. The van der Waals surface area contributed by atoms with Crippen LogP contribution in [0.3, 0.4) is 0 Å². The Bertz CT molecular complexity index is 784. The van der Waals surface area contributed by atoms with Gasteiger partial charge in [-0.05, 0) is 54.4 Å². The summed E-state index contributed by atoms with van der Waals surface area (Å²) in [5.41, 5.74) is 2.73. The van der Waals surface area contributed by atoms with Gasteiger partial charge in [0.25, 0.3) is 5.91 Å². The molecule has 136 valence electrons. The molecule has 1 saturated heterocycles. The summed E-state index contributed by atoms with van der Waals surface area (Å²) in [6.45, 7) is 4.41. The normalized spacial score (nSPS) is 14.6. The quantitative estimate of drug-likeness (QED) is 0.753. The van der Waals surface area contributed by atoms with Gasteiger partial charge >= 0.3 is 0 Å². The lowest BCUT2D eigenvalue weighted by atomic mass is 10.2. The van der Waals surface area contributed by atoms with Gasteiger partial charge in [-0.1, -0.05) is 17.7 Å². The second-order valence-electron chi connectivity index (χ2n) is 5.99. The van der Waals surface area contributed by atoms with Gasteiger partial charge in [-0.3, -0.25) is 9.79 Å². The summed E-state index contributed by atoms with van der Waals surface area (Å²) in [6.07, 6.45) is 1.78. The van der Waals surface area contributed by atoms with E-state index in [1.165, 1.54) is 0 Å². The number of benzene rings is 2. The van der Waals surface area contributed by atoms with Gasteiger partial charge in [0.05, 0.1) is 18.9 Å². The molecule has 5 nitrogen and oxygen atoms in total. The third-order valence-electron chi connectivity index (χ3n) is 4.20. The van der Waals surface area contributed by atoms with Crippen LogP contribution in [0.15, 0.2) is 47.5 Å². The van der Waals surface area contributed by atoms with Crippen molar-refractivity contribution in [3.63, 3.8) is 0 Å². The highest BCUT2D eigenvalue weighted by Gasteiger charge is 2.16. The minimum atomic E-state index is -0.0182. The lowest BCUT2D eigenvalue weighted by molar-refractivity contribution is -0.137. The first-order valence-electron chi connectivity index (χ1n) is 8.51. The zero-order valence-corrected chi connectivity index (χ0v) is 15.4. The number of ether oxygens (including phenoxy) is 2. The highest BCUT2D eigenvalue weighted by molar-refractivity contribution is 6.31. The van der Waals surface area contributed by atoms with Gasteiger partial charge in [0, 0.05) is 24.3 Å². The molecule has 0 bridgehead atoms. The van der Waals surface area contributed by atoms with E-state index >= 15 is 0 Å². The maximum Gasteiger partial charge on any atom is 0.260 e. The van der Waals surface area contributed by atoms with E-state index in [0.717, 1.165) is 16.8 Å². The van der Waals surface area contributed by atoms with Gasteiger partial charge in [-0.2, -0.15) is 0 Å². The molecule has 0 unspecified atom stereocenters. The van der Waals surface area contributed by atoms with E-state index in [2.05, 4.69) is 4.99 Å². The van der Waals surface area contributed by atoms with Gasteiger partial charge < -0.3 is 14.4 Å². The van der Waals surface area contributed by atoms with Crippen molar-refractivity contribution in [3.8, 4) is 5.75 Å². The molecule has 0 aliphatic carbocycles. The Morgan fingerprint density at radius 2 is 1.96 bits per heavy atom. The number of carbonyl (C=O) groups excluding carboxylic acids is 1. The first-order valence-corrected chi connectivity index (χ1v) is 8.89. The molecule has 26 heavy (non-hydrogen) atoms. The average molecular weight is 373 g/mol. The molecular formula is C20H21ClN2O3. The minimum Gasteiger partial charge on any atom is -0.484 e. The average Bonchev–Trinajstić information content (AvgIpc) is 2.69. The molecule has 1 aliphatic rings. The Labute approximate surface area is 158 Å². The summed E-state index contributed by atoms with van der Waals surface area (Å²) >= 11 is 6.10. The fourth-order valence-electron chi connectivity index (χ4n) is 2.58. The van der Waals surface area contributed by atoms with E-state index in [9.17, 15) is 4.79 Å². The number of nitrogens with zero attached hydrogens (tertiary/aromatic N) is 2. The molecule has 1 heterocycles. The van der Waals surface area contributed by atoms with Crippen molar-refractivity contribution in [3.05, 3.63) is 58.6 Å². The molecule has 1 fully saturated rings. The molecule has 0 N–H and O–H groups in total. The van der Waals surface area contributed by atoms with Crippen molar-refractivity contribution < 1.29 is 14.3 Å². The van der Waals surface area contributed by atoms with Crippen molar-refractivity contribution in [2.45, 2.75) is 6.92 Å². The second-order valence-corrected chi connectivity index (χ2v) is 6.40. The van der Waals surface area contributed by atoms with Crippen LogP contribution in [-0.4, -0.2) is 49.9 Å². The molecule has 3 rings (SSSR count). The Morgan fingerprint density at radius 1 is 1.23 bits per heavy atom. The molecule has 0 radical (unpaired) electrons. The maximum atomic E-state index is 12.1. The Kier molecular flexibility index (Phi) is 6.26. The molecule has 1 amide bonds. The van der Waals surface area contributed by atoms with Gasteiger partial charge in [0.15, 0.2) is 6.61 Å². The van der Waals surface area contributed by atoms with Gasteiger partial charge in [-0.15, -0.1) is 0 Å². The molecular weight excluding hydrogens is 352 g/mol. The second kappa shape index (κ2) is 8.83. The number of morpholine rings is 1. The van der Waals surface area contributed by atoms with E-state index in [4.69, 9.17) is 21.1 Å². The number of hydrogen-bond acceptors (Lipinski definition) is 4. The van der Waals surface area contributed by atoms with Crippen molar-refractivity contribution in [1.82, 2.24) is 4.90 Å². The monoisotopic (exact) mass is 372 g/mol. The van der Waals surface area contributed by atoms with E-state index in [1.807, 2.05) is 49.4 Å². The van der Waals surface area contributed by atoms with Crippen molar-refractivity contribution in [2.75, 3.05) is 32.9 Å². The first kappa shape index (κ1) is 18.4. The number of carbonyl (C=O) groups is 1. The number of halogens is 1. The van der Waals surface area contributed by atoms with Crippen LogP contribution >= 0.6 is 11.6 Å². The Balaban J connectivity index is 1.55. The van der Waals surface area contributed by atoms with Crippen LogP contribution in [0.25, 0.3) is 0 Å². The van der Waals surface area contributed by atoms with Gasteiger partial charge in [0.2, 0.25) is 0 Å². The van der Waals surface area contributed by atoms with Crippen LogP contribution in [-0.2, 0) is 9.53 Å². The maximum absolute atomic E-state index is 12.1. The molecule has 0 spiro atoms. The summed E-state index contributed by atoms with van der Waals surface area (Å²) in [5.74, 6) is 0.637. The fourth-order valence-corrected chi connectivity index (χ4v) is 2.75. The molecule has 0 saturated carbocycles. The third-order valence-corrected chi connectivity index (χ3v) is 4.61. The summed E-state index contributed by atoms with van der Waals surface area (Å²) in [6, 6.07) is 13.1. The third kappa shape index (κ3) is 4.84. The Hall–Kier alpha value is -2.37. The summed E-state index contributed by atoms with van der Waals surface area (Å²) in [4.78, 5) is 18.3. The van der Waals surface area contributed by atoms with E-state index < -0.39 is 0 Å². The van der Waals surface area contributed by atoms with Crippen LogP contribution in [0.4, 0.5) is 5.69 Å². The molecule has 0 aromatic heterocycles. The SMILES string of the molecule is Cc1c(Cl)cccc1N=Cc1ccc(OCC(=O)N2CCOCC2)cc1. The molecule has 1 aliphatic heterocycles. The lowest BCUT2D eigenvalue weighted by Crippen LogP contribution is -2.42. The zero-order chi connectivity index (χ0) is 18.4. The Morgan fingerprint density at radius 3 is 2.69 bits per heavy atom. The van der Waals surface area contributed by atoms with Crippen LogP contribution in [0, 0.1) is 6.92 Å². The lowest BCUT2D eigenvalue weighted by Gasteiger charge is -2.26. The topological polar surface area (TPSA) is 51.1 Å². The smallest absolute Gasteiger partial charge is 0.260 e. The highest BCUT2D eigenvalue weighted by atomic mass is 35.5. The van der Waals surface area contributed by atoms with Crippen LogP contribution in [0.2, 0.25) is 5.02 Å². The molecule has 2 aromatic carbocycles. The van der Waals surface area contributed by atoms with E-state index in [0.29, 0.717) is 37.1 Å². The number of hydrogen-bond donors (Lipinski definition) is 0. The van der Waals surface area contributed by atoms with E-state index in [-0.39, 0.29) is 12.5 Å². The van der Waals surface area contributed by atoms with Crippen LogP contribution in [0.5, 0.6) is 5.75 Å². The summed E-state index contributed by atoms with van der Waals surface area (Å²) in [7, 11) is 0. The predicted octanol–water partition coefficient (Wildman–Crippen LogP) is 3.64. The van der Waals surface area contributed by atoms with Crippen LogP contribution in [0.1, 0.15) is 11.1 Å². The molecule has 6 heteroatoms. The minimum absolute atomic E-state index is 0.0182. The fraction of sp³-hybridized carbons (Fsp3) is 0.300. The van der Waals surface area contributed by atoms with E-state index in [1.54, 1.807) is 11.1 Å². The standard InChI is InChI=1S/C20H21ClN2O3/c1-15-18(21)3-2-4-19(15)22-13-16-5-7-17(8-6-16)26-14-20(24)23-9-11-25-12-10-23/h2-8,13H,9-12,14H2,1H3. The summed E-state index contributed by atoms with van der Waals surface area (Å²) in [5, 5.41) is 0.702. The first-order chi connectivity index (χ1) is 12.6. The number of aliphatic imine (C=N–C) groups is 1. The van der Waals surface area contributed by atoms with Gasteiger partial charge in [0.1, 0.15) is 5.75 Å². The zero-order valence-electron chi connectivity index (χ0n) is 14.7. The number of rotatable bonds is 5. The van der Waals surface area contributed by atoms with Gasteiger partial charge in [-0.25, -0.2) is 0 Å². The predicted molar refractivity (Wildman–Crippen MR) is 103 cm³/mol. The van der Waals surface area contributed by atoms with Crippen molar-refractivity contribution in [2.24, 2.45) is 4.99 Å². The largest absolute Gasteiger partial charge is 0.484 e. The van der Waals surface area contributed by atoms with Crippen LogP contribution < -0.4 is 4.74 Å². The number of amides is 1. The summed E-state index contributed by atoms with van der Waals surface area (Å²) < 4.78 is 10.8. The van der Waals surface area contributed by atoms with Crippen molar-refractivity contribution in [1.29, 1.82) is 0 Å².